The molecule has 0 aromatic heterocycles. The van der Waals surface area contributed by atoms with Crippen molar-refractivity contribution in [1.82, 2.24) is 0 Å². The maximum Gasteiger partial charge on any atom is 0.416 e. The molecule has 0 saturated carbocycles. The summed E-state index contributed by atoms with van der Waals surface area (Å²) in [6.45, 7) is 0.0166. The molecule has 0 aliphatic carbocycles. The number of nitrogens with two attached hydrogens (primary N) is 1. The highest BCUT2D eigenvalue weighted by Crippen LogP contribution is 2.31. The first kappa shape index (κ1) is 10.8. The van der Waals surface area contributed by atoms with Crippen molar-refractivity contribution in [3.8, 4) is 0 Å². The fourth-order valence-electron chi connectivity index (χ4n) is 1.03. The summed E-state index contributed by atoms with van der Waals surface area (Å²) >= 11 is 0. The van der Waals surface area contributed by atoms with Gasteiger partial charge in [0.15, 0.2) is 0 Å². The highest BCUT2D eigenvalue weighted by molar-refractivity contribution is 5.54. The van der Waals surface area contributed by atoms with Crippen molar-refractivity contribution in [2.45, 2.75) is 12.7 Å². The summed E-state index contributed by atoms with van der Waals surface area (Å²) in [6.07, 6.45) is -4.45. The quantitative estimate of drug-likeness (QED) is 0.726. The summed E-state index contributed by atoms with van der Waals surface area (Å²) in [6, 6.07) is 2.82. The average Bonchev–Trinajstić information content (AvgIpc) is 2.15. The molecule has 0 radical (unpaired) electrons. The zero-order valence-corrected chi connectivity index (χ0v) is 7.06. The summed E-state index contributed by atoms with van der Waals surface area (Å²) in [7, 11) is 0. The van der Waals surface area contributed by atoms with Gasteiger partial charge in [-0.05, 0) is 17.7 Å². The van der Waals surface area contributed by atoms with Crippen molar-refractivity contribution in [3.05, 3.63) is 34.5 Å². The van der Waals surface area contributed by atoms with Crippen LogP contribution in [0.5, 0.6) is 0 Å². The van der Waals surface area contributed by atoms with Gasteiger partial charge in [-0.2, -0.15) is 13.2 Å². The van der Waals surface area contributed by atoms with Crippen molar-refractivity contribution in [3.63, 3.8) is 0 Å². The van der Waals surface area contributed by atoms with Crippen LogP contribution in [-0.2, 0) is 12.7 Å². The lowest BCUT2D eigenvalue weighted by Gasteiger charge is -2.16. The maximum absolute atomic E-state index is 12.2. The van der Waals surface area contributed by atoms with Gasteiger partial charge in [-0.3, -0.25) is 0 Å². The molecular weight excluding hydrogens is 197 g/mol. The number of rotatable bonds is 2. The van der Waals surface area contributed by atoms with Crippen LogP contribution in [0.3, 0.4) is 0 Å². The third-order valence-corrected chi connectivity index (χ3v) is 1.77. The smallest absolute Gasteiger partial charge is 0.416 e. The standard InChI is InChI=1S/C8H8F3N2O/c9-8(10,11)6-2-1-5(4-12)7(3-6)13-14/h1-3,13H,4,12H2/q-1. The highest BCUT2D eigenvalue weighted by Gasteiger charge is 2.30. The van der Waals surface area contributed by atoms with Crippen LogP contribution in [0, 0.1) is 5.21 Å². The van der Waals surface area contributed by atoms with Crippen molar-refractivity contribution in [2.75, 3.05) is 5.48 Å². The summed E-state index contributed by atoms with van der Waals surface area (Å²) in [5.41, 5.74) is 6.00. The van der Waals surface area contributed by atoms with Gasteiger partial charge in [0.1, 0.15) is 0 Å². The first-order valence-corrected chi connectivity index (χ1v) is 3.77. The van der Waals surface area contributed by atoms with Crippen LogP contribution in [0.15, 0.2) is 18.2 Å². The fraction of sp³-hybridized carbons (Fsp3) is 0.250. The molecule has 0 saturated heterocycles. The SMILES string of the molecule is NCc1ccc(C(F)(F)F)cc1N[O-]. The van der Waals surface area contributed by atoms with Crippen molar-refractivity contribution >= 4 is 5.69 Å². The Kier molecular flexibility index (Phi) is 2.97. The second-order valence-electron chi connectivity index (χ2n) is 2.68. The number of alkyl halides is 3. The molecule has 3 N–H and O–H groups in total. The van der Waals surface area contributed by atoms with E-state index in [9.17, 15) is 18.4 Å². The van der Waals surface area contributed by atoms with E-state index in [4.69, 9.17) is 5.73 Å². The van der Waals surface area contributed by atoms with E-state index in [-0.39, 0.29) is 12.2 Å². The molecular formula is C8H8F3N2O-. The van der Waals surface area contributed by atoms with Gasteiger partial charge in [-0.15, -0.1) is 0 Å². The van der Waals surface area contributed by atoms with Crippen LogP contribution >= 0.6 is 0 Å². The monoisotopic (exact) mass is 205 g/mol. The largest absolute Gasteiger partial charge is 0.761 e. The molecule has 0 unspecified atom stereocenters. The van der Waals surface area contributed by atoms with E-state index in [0.717, 1.165) is 12.1 Å². The second kappa shape index (κ2) is 3.85. The number of anilines is 1. The molecule has 0 fully saturated rings. The number of hydrogen-bond donors (Lipinski definition) is 2. The number of hydrogen-bond acceptors (Lipinski definition) is 3. The topological polar surface area (TPSA) is 61.1 Å². The van der Waals surface area contributed by atoms with Gasteiger partial charge in [0, 0.05) is 12.2 Å². The molecule has 0 heterocycles. The molecule has 1 aromatic carbocycles. The van der Waals surface area contributed by atoms with Crippen LogP contribution < -0.4 is 11.2 Å². The Morgan fingerprint density at radius 1 is 1.36 bits per heavy atom. The summed E-state index contributed by atoms with van der Waals surface area (Å²) < 4.78 is 36.5. The van der Waals surface area contributed by atoms with Gasteiger partial charge < -0.3 is 16.4 Å². The van der Waals surface area contributed by atoms with Crippen LogP contribution in [-0.4, -0.2) is 0 Å². The number of nitrogens with one attached hydrogen (secondary N) is 1. The van der Waals surface area contributed by atoms with Crippen molar-refractivity contribution < 1.29 is 13.2 Å². The highest BCUT2D eigenvalue weighted by atomic mass is 19.4. The van der Waals surface area contributed by atoms with Gasteiger partial charge in [0.25, 0.3) is 0 Å². The van der Waals surface area contributed by atoms with E-state index in [1.807, 2.05) is 0 Å². The Morgan fingerprint density at radius 3 is 2.43 bits per heavy atom. The van der Waals surface area contributed by atoms with Gasteiger partial charge in [0.2, 0.25) is 0 Å². The van der Waals surface area contributed by atoms with Crippen molar-refractivity contribution in [1.29, 1.82) is 0 Å². The van der Waals surface area contributed by atoms with Crippen LogP contribution in [0.2, 0.25) is 0 Å². The summed E-state index contributed by atoms with van der Waals surface area (Å²) in [4.78, 5) is 0. The molecule has 0 bridgehead atoms. The minimum absolute atomic E-state index is 0.0166. The lowest BCUT2D eigenvalue weighted by molar-refractivity contribution is -0.137. The Bertz CT molecular complexity index is 325. The molecule has 0 aliphatic heterocycles. The maximum atomic E-state index is 12.2. The van der Waals surface area contributed by atoms with Crippen molar-refractivity contribution in [2.24, 2.45) is 5.73 Å². The first-order valence-electron chi connectivity index (χ1n) is 3.77. The third-order valence-electron chi connectivity index (χ3n) is 1.77. The van der Waals surface area contributed by atoms with E-state index >= 15 is 0 Å². The molecule has 78 valence electrons. The number of benzene rings is 1. The Hall–Kier alpha value is -1.27. The number of halogens is 3. The molecule has 0 atom stereocenters. The molecule has 1 rings (SSSR count). The fourth-order valence-corrected chi connectivity index (χ4v) is 1.03. The molecule has 0 amide bonds. The average molecular weight is 205 g/mol. The zero-order chi connectivity index (χ0) is 10.8. The van der Waals surface area contributed by atoms with Gasteiger partial charge in [0.05, 0.1) is 5.56 Å². The lowest BCUT2D eigenvalue weighted by atomic mass is 10.1. The van der Waals surface area contributed by atoms with Gasteiger partial charge in [-0.25, -0.2) is 0 Å². The Labute approximate surface area is 78.3 Å². The molecule has 0 aliphatic rings. The van der Waals surface area contributed by atoms with E-state index in [1.54, 1.807) is 0 Å². The van der Waals surface area contributed by atoms with Crippen LogP contribution in [0.25, 0.3) is 0 Å². The third kappa shape index (κ3) is 2.15. The second-order valence-corrected chi connectivity index (χ2v) is 2.68. The van der Waals surface area contributed by atoms with Crippen LogP contribution in [0.1, 0.15) is 11.1 Å². The molecule has 14 heavy (non-hydrogen) atoms. The molecule has 6 heteroatoms. The van der Waals surface area contributed by atoms with E-state index in [0.29, 0.717) is 5.56 Å². The van der Waals surface area contributed by atoms with E-state index in [1.165, 1.54) is 11.5 Å². The minimum atomic E-state index is -4.45. The lowest BCUT2D eigenvalue weighted by Crippen LogP contribution is -2.08. The Balaban J connectivity index is 3.14. The van der Waals surface area contributed by atoms with E-state index < -0.39 is 11.7 Å². The summed E-state index contributed by atoms with van der Waals surface area (Å²) in [5, 5.41) is 10.3. The van der Waals surface area contributed by atoms with Gasteiger partial charge in [-0.1, -0.05) is 6.07 Å². The molecule has 1 aromatic rings. The minimum Gasteiger partial charge on any atom is -0.761 e. The van der Waals surface area contributed by atoms with E-state index in [2.05, 4.69) is 0 Å². The first-order chi connectivity index (χ1) is 6.49. The van der Waals surface area contributed by atoms with Gasteiger partial charge >= 0.3 is 6.18 Å². The molecule has 0 spiro atoms. The predicted molar refractivity (Wildman–Crippen MR) is 46.3 cm³/mol. The van der Waals surface area contributed by atoms with Crippen LogP contribution in [0.4, 0.5) is 18.9 Å². The normalized spacial score (nSPS) is 11.5. The Morgan fingerprint density at radius 2 is 2.00 bits per heavy atom. The summed E-state index contributed by atoms with van der Waals surface area (Å²) in [5.74, 6) is 0. The zero-order valence-electron chi connectivity index (χ0n) is 7.06. The predicted octanol–water partition coefficient (Wildman–Crippen LogP) is 2.07. The molecule has 3 nitrogen and oxygen atoms in total.